The molecule has 0 aromatic heterocycles. The summed E-state index contributed by atoms with van der Waals surface area (Å²) >= 11 is 0. The first-order chi connectivity index (χ1) is 16.8. The summed E-state index contributed by atoms with van der Waals surface area (Å²) in [6.07, 6.45) is 4.08. The quantitative estimate of drug-likeness (QED) is 0.0639. The van der Waals surface area contributed by atoms with E-state index in [2.05, 4.69) is 34.2 Å². The SMILES string of the molecule is CC#CC(=O)C(=O)C(=O)NCC(=C/CC)/C(=C\C)C(=O)NC(C)c1cccc2ccccc12.NN. The Morgan fingerprint density at radius 1 is 1.03 bits per heavy atom. The minimum absolute atomic E-state index is 0.0685. The second-order valence-electron chi connectivity index (χ2n) is 7.32. The summed E-state index contributed by atoms with van der Waals surface area (Å²) in [5, 5.41) is 7.59. The molecule has 8 nitrogen and oxygen atoms in total. The maximum atomic E-state index is 13.1. The number of Topliss-reactive ketones (excluding diaryl/α,β-unsaturated/α-hetero) is 2. The van der Waals surface area contributed by atoms with Crippen LogP contribution in [0.4, 0.5) is 0 Å². The van der Waals surface area contributed by atoms with Crippen LogP contribution in [-0.2, 0) is 19.2 Å². The largest absolute Gasteiger partial charge is 0.345 e. The maximum absolute atomic E-state index is 13.1. The van der Waals surface area contributed by atoms with Crippen LogP contribution in [0.5, 0.6) is 0 Å². The number of hydrogen-bond donors (Lipinski definition) is 4. The standard InChI is InChI=1S/C27H28N2O4.H4N2/c1-5-11-20(17-28-27(33)25(31)24(30)12-6-2)21(7-3)26(32)29-18(4)22-16-10-14-19-13-8-9-15-23(19)22;1-2/h7-11,13-16,18H,5,17H2,1-4H3,(H,28,33)(H,29,32);1-2H2/b20-11-,21-7+;. The Morgan fingerprint density at radius 3 is 2.31 bits per heavy atom. The summed E-state index contributed by atoms with van der Waals surface area (Å²) in [6.45, 7) is 6.88. The van der Waals surface area contributed by atoms with Gasteiger partial charge in [0, 0.05) is 12.1 Å². The molecule has 0 radical (unpaired) electrons. The highest BCUT2D eigenvalue weighted by Crippen LogP contribution is 2.24. The fourth-order valence-corrected chi connectivity index (χ4v) is 3.50. The highest BCUT2D eigenvalue weighted by atomic mass is 16.2. The third-order valence-corrected chi connectivity index (χ3v) is 5.06. The van der Waals surface area contributed by atoms with E-state index in [0.29, 0.717) is 17.6 Å². The van der Waals surface area contributed by atoms with Crippen molar-refractivity contribution in [1.29, 1.82) is 0 Å². The van der Waals surface area contributed by atoms with Gasteiger partial charge in [0.25, 0.3) is 23.4 Å². The molecule has 0 heterocycles. The maximum Gasteiger partial charge on any atom is 0.298 e. The number of nitrogens with one attached hydrogen (secondary N) is 2. The molecule has 35 heavy (non-hydrogen) atoms. The van der Waals surface area contributed by atoms with Gasteiger partial charge in [-0.1, -0.05) is 67.5 Å². The van der Waals surface area contributed by atoms with E-state index in [0.717, 1.165) is 16.3 Å². The normalized spacial score (nSPS) is 11.8. The highest BCUT2D eigenvalue weighted by Gasteiger charge is 2.23. The van der Waals surface area contributed by atoms with Gasteiger partial charge in [-0.15, -0.1) is 0 Å². The van der Waals surface area contributed by atoms with Crippen molar-refractivity contribution in [2.75, 3.05) is 6.54 Å². The van der Waals surface area contributed by atoms with Crippen molar-refractivity contribution >= 4 is 34.2 Å². The van der Waals surface area contributed by atoms with E-state index in [1.54, 1.807) is 19.1 Å². The number of nitrogens with two attached hydrogens (primary N) is 2. The summed E-state index contributed by atoms with van der Waals surface area (Å²) in [7, 11) is 0. The van der Waals surface area contributed by atoms with Gasteiger partial charge < -0.3 is 10.6 Å². The second kappa shape index (κ2) is 15.0. The van der Waals surface area contributed by atoms with Crippen LogP contribution in [0.3, 0.4) is 0 Å². The predicted molar refractivity (Wildman–Crippen MR) is 137 cm³/mol. The number of fused-ring (bicyclic) bond motifs is 1. The first-order valence-corrected chi connectivity index (χ1v) is 11.1. The van der Waals surface area contributed by atoms with Crippen LogP contribution in [-0.4, -0.2) is 29.9 Å². The van der Waals surface area contributed by atoms with Crippen LogP contribution in [0.1, 0.15) is 45.7 Å². The lowest BCUT2D eigenvalue weighted by Crippen LogP contribution is -2.37. The fraction of sp³-hybridized carbons (Fsp3) is 0.259. The number of rotatable bonds is 9. The average molecular weight is 477 g/mol. The lowest BCUT2D eigenvalue weighted by atomic mass is 9.98. The third-order valence-electron chi connectivity index (χ3n) is 5.06. The second-order valence-corrected chi connectivity index (χ2v) is 7.32. The number of hydrazine groups is 1. The topological polar surface area (TPSA) is 144 Å². The Labute approximate surface area is 205 Å². The van der Waals surface area contributed by atoms with Gasteiger partial charge in [-0.2, -0.15) is 0 Å². The predicted octanol–water partition coefficient (Wildman–Crippen LogP) is 2.40. The van der Waals surface area contributed by atoms with E-state index < -0.39 is 17.5 Å². The average Bonchev–Trinajstić information content (AvgIpc) is 2.87. The molecule has 0 aliphatic heterocycles. The lowest BCUT2D eigenvalue weighted by molar-refractivity contribution is -0.142. The molecular weight excluding hydrogens is 444 g/mol. The molecule has 2 aromatic carbocycles. The molecule has 0 aliphatic carbocycles. The smallest absolute Gasteiger partial charge is 0.298 e. The molecule has 1 atom stereocenters. The first-order valence-electron chi connectivity index (χ1n) is 11.1. The molecule has 0 fully saturated rings. The molecule has 2 rings (SSSR count). The zero-order chi connectivity index (χ0) is 26.4. The fourth-order valence-electron chi connectivity index (χ4n) is 3.50. The lowest BCUT2D eigenvalue weighted by Gasteiger charge is -2.19. The van der Waals surface area contributed by atoms with Gasteiger partial charge in [0.1, 0.15) is 0 Å². The van der Waals surface area contributed by atoms with Crippen LogP contribution in [0.2, 0.25) is 0 Å². The van der Waals surface area contributed by atoms with E-state index in [9.17, 15) is 19.2 Å². The van der Waals surface area contributed by atoms with Crippen molar-refractivity contribution < 1.29 is 19.2 Å². The molecule has 1 unspecified atom stereocenters. The van der Waals surface area contributed by atoms with Crippen molar-refractivity contribution in [3.05, 3.63) is 71.3 Å². The molecule has 0 saturated heterocycles. The molecule has 184 valence electrons. The van der Waals surface area contributed by atoms with Gasteiger partial charge >= 0.3 is 0 Å². The van der Waals surface area contributed by atoms with Gasteiger partial charge in [-0.25, -0.2) is 0 Å². The number of benzene rings is 2. The monoisotopic (exact) mass is 476 g/mol. The zero-order valence-corrected chi connectivity index (χ0v) is 20.5. The van der Waals surface area contributed by atoms with Gasteiger partial charge in [0.15, 0.2) is 0 Å². The Kier molecular flexibility index (Phi) is 12.4. The molecule has 0 bridgehead atoms. The number of amides is 2. The number of allylic oxidation sites excluding steroid dienone is 2. The van der Waals surface area contributed by atoms with Crippen molar-refractivity contribution in [3.63, 3.8) is 0 Å². The van der Waals surface area contributed by atoms with Crippen LogP contribution < -0.4 is 22.3 Å². The molecule has 0 aliphatic rings. The van der Waals surface area contributed by atoms with Crippen LogP contribution in [0, 0.1) is 11.8 Å². The molecule has 0 saturated carbocycles. The van der Waals surface area contributed by atoms with Gasteiger partial charge in [-0.05, 0) is 55.0 Å². The van der Waals surface area contributed by atoms with E-state index >= 15 is 0 Å². The van der Waals surface area contributed by atoms with Crippen LogP contribution in [0.15, 0.2) is 65.8 Å². The van der Waals surface area contributed by atoms with Crippen molar-refractivity contribution in [2.24, 2.45) is 11.7 Å². The highest BCUT2D eigenvalue weighted by molar-refractivity contribution is 6.66. The van der Waals surface area contributed by atoms with E-state index in [-0.39, 0.29) is 18.5 Å². The Hall–Kier alpha value is -4.06. The minimum Gasteiger partial charge on any atom is -0.345 e. The number of carbonyl (C=O) groups excluding carboxylic acids is 4. The Balaban J connectivity index is 0.00000298. The molecule has 2 amide bonds. The number of hydrogen-bond acceptors (Lipinski definition) is 6. The molecular formula is C27H32N4O4. The number of carbonyl (C=O) groups is 4. The van der Waals surface area contributed by atoms with Gasteiger partial charge in [-0.3, -0.25) is 30.9 Å². The van der Waals surface area contributed by atoms with Crippen molar-refractivity contribution in [3.8, 4) is 11.8 Å². The Morgan fingerprint density at radius 2 is 1.69 bits per heavy atom. The zero-order valence-electron chi connectivity index (χ0n) is 20.5. The van der Waals surface area contributed by atoms with E-state index in [1.165, 1.54) is 6.92 Å². The van der Waals surface area contributed by atoms with Crippen molar-refractivity contribution in [2.45, 2.75) is 40.2 Å². The summed E-state index contributed by atoms with van der Waals surface area (Å²) in [6, 6.07) is 13.7. The summed E-state index contributed by atoms with van der Waals surface area (Å²) in [5.41, 5.74) is 1.93. The first kappa shape index (κ1) is 29.0. The third kappa shape index (κ3) is 8.03. The van der Waals surface area contributed by atoms with E-state index in [1.807, 2.05) is 56.3 Å². The molecule has 0 spiro atoms. The summed E-state index contributed by atoms with van der Waals surface area (Å²) < 4.78 is 0. The molecule has 2 aromatic rings. The van der Waals surface area contributed by atoms with E-state index in [4.69, 9.17) is 0 Å². The van der Waals surface area contributed by atoms with Crippen LogP contribution >= 0.6 is 0 Å². The number of ketones is 2. The van der Waals surface area contributed by atoms with Crippen LogP contribution in [0.25, 0.3) is 10.8 Å². The van der Waals surface area contributed by atoms with Gasteiger partial charge in [0.2, 0.25) is 0 Å². The Bertz CT molecular complexity index is 1200. The van der Waals surface area contributed by atoms with Gasteiger partial charge in [0.05, 0.1) is 6.04 Å². The molecule has 8 heteroatoms. The van der Waals surface area contributed by atoms with Crippen molar-refractivity contribution in [1.82, 2.24) is 10.6 Å². The summed E-state index contributed by atoms with van der Waals surface area (Å²) in [4.78, 5) is 48.5. The minimum atomic E-state index is -1.23. The summed E-state index contributed by atoms with van der Waals surface area (Å²) in [5.74, 6) is 8.71. The molecule has 6 N–H and O–H groups in total.